The molecular weight excluding hydrogens is 493 g/mol. The Kier molecular flexibility index (Phi) is 7.84. The number of rotatable bonds is 8. The molecule has 34 heavy (non-hydrogen) atoms. The van der Waals surface area contributed by atoms with Crippen molar-refractivity contribution in [1.29, 1.82) is 0 Å². The zero-order chi connectivity index (χ0) is 23.9. The van der Waals surface area contributed by atoms with E-state index >= 15 is 0 Å². The van der Waals surface area contributed by atoms with Gasteiger partial charge in [0, 0.05) is 21.3 Å². The lowest BCUT2D eigenvalue weighted by Crippen LogP contribution is -2.20. The minimum atomic E-state index is -0.271. The summed E-state index contributed by atoms with van der Waals surface area (Å²) < 4.78 is 7.13. The first-order valence-corrected chi connectivity index (χ1v) is 11.8. The van der Waals surface area contributed by atoms with Crippen molar-refractivity contribution in [3.63, 3.8) is 0 Å². The lowest BCUT2D eigenvalue weighted by atomic mass is 10.2. The SMILES string of the molecule is COc1ccc(-c2nnc(SCC(=O)N/N=C\c3ccc(Cl)cc3)n2-c2ccc(Cl)cc2)cc1. The Morgan fingerprint density at radius 1 is 1.00 bits per heavy atom. The van der Waals surface area contributed by atoms with Crippen molar-refractivity contribution in [2.75, 3.05) is 12.9 Å². The maximum absolute atomic E-state index is 12.3. The molecule has 0 bridgehead atoms. The Morgan fingerprint density at radius 3 is 2.29 bits per heavy atom. The Balaban J connectivity index is 1.51. The first-order chi connectivity index (χ1) is 16.5. The van der Waals surface area contributed by atoms with Crippen LogP contribution in [0.5, 0.6) is 5.75 Å². The van der Waals surface area contributed by atoms with Gasteiger partial charge in [0.25, 0.3) is 5.91 Å². The second-order valence-corrected chi connectivity index (χ2v) is 8.80. The van der Waals surface area contributed by atoms with Gasteiger partial charge in [-0.3, -0.25) is 9.36 Å². The van der Waals surface area contributed by atoms with Crippen LogP contribution in [0.1, 0.15) is 5.56 Å². The van der Waals surface area contributed by atoms with E-state index in [9.17, 15) is 4.79 Å². The normalized spacial score (nSPS) is 11.0. The van der Waals surface area contributed by atoms with Crippen LogP contribution in [-0.2, 0) is 4.79 Å². The second-order valence-electron chi connectivity index (χ2n) is 6.98. The van der Waals surface area contributed by atoms with Crippen molar-refractivity contribution >= 4 is 47.1 Å². The number of hydrogen-bond acceptors (Lipinski definition) is 6. The summed E-state index contributed by atoms with van der Waals surface area (Å²) in [6, 6.07) is 22.0. The molecule has 0 aliphatic heterocycles. The molecule has 0 aliphatic rings. The maximum atomic E-state index is 12.3. The number of benzene rings is 3. The highest BCUT2D eigenvalue weighted by Gasteiger charge is 2.17. The van der Waals surface area contributed by atoms with Gasteiger partial charge in [0.15, 0.2) is 11.0 Å². The molecule has 0 radical (unpaired) electrons. The summed E-state index contributed by atoms with van der Waals surface area (Å²) >= 11 is 13.2. The molecule has 0 saturated carbocycles. The van der Waals surface area contributed by atoms with Crippen LogP contribution >= 0.6 is 35.0 Å². The van der Waals surface area contributed by atoms with Gasteiger partial charge in [0.05, 0.1) is 19.1 Å². The van der Waals surface area contributed by atoms with Gasteiger partial charge in [0.2, 0.25) is 0 Å². The topological polar surface area (TPSA) is 81.4 Å². The molecule has 0 saturated heterocycles. The number of hydrazone groups is 1. The number of carbonyl (C=O) groups is 1. The van der Waals surface area contributed by atoms with E-state index < -0.39 is 0 Å². The number of carbonyl (C=O) groups excluding carboxylic acids is 1. The molecule has 172 valence electrons. The zero-order valence-corrected chi connectivity index (χ0v) is 20.3. The highest BCUT2D eigenvalue weighted by Crippen LogP contribution is 2.29. The van der Waals surface area contributed by atoms with Crippen LogP contribution in [0.25, 0.3) is 17.1 Å². The van der Waals surface area contributed by atoms with Crippen molar-refractivity contribution < 1.29 is 9.53 Å². The van der Waals surface area contributed by atoms with Gasteiger partial charge < -0.3 is 4.74 Å². The molecule has 0 atom stereocenters. The fourth-order valence-electron chi connectivity index (χ4n) is 3.00. The van der Waals surface area contributed by atoms with Gasteiger partial charge >= 0.3 is 0 Å². The molecular formula is C24H19Cl2N5O2S. The van der Waals surface area contributed by atoms with Gasteiger partial charge in [-0.25, -0.2) is 5.43 Å². The van der Waals surface area contributed by atoms with E-state index in [1.165, 1.54) is 11.8 Å². The van der Waals surface area contributed by atoms with Crippen molar-refractivity contribution in [3.05, 3.63) is 88.4 Å². The molecule has 0 fully saturated rings. The highest BCUT2D eigenvalue weighted by molar-refractivity contribution is 7.99. The average molecular weight is 512 g/mol. The molecule has 3 aromatic carbocycles. The average Bonchev–Trinajstić information content (AvgIpc) is 3.28. The fraction of sp³-hybridized carbons (Fsp3) is 0.0833. The minimum Gasteiger partial charge on any atom is -0.497 e. The number of methoxy groups -OCH3 is 1. The largest absolute Gasteiger partial charge is 0.497 e. The smallest absolute Gasteiger partial charge is 0.250 e. The van der Waals surface area contributed by atoms with Crippen LogP contribution in [0.2, 0.25) is 10.0 Å². The predicted octanol–water partition coefficient (Wildman–Crippen LogP) is 5.49. The number of amides is 1. The summed E-state index contributed by atoms with van der Waals surface area (Å²) in [5.41, 5.74) is 5.02. The molecule has 0 aliphatic carbocycles. The number of ether oxygens (including phenoxy) is 1. The third-order valence-corrected chi connectivity index (χ3v) is 6.10. The van der Waals surface area contributed by atoms with Crippen LogP contribution in [0.15, 0.2) is 83.1 Å². The van der Waals surface area contributed by atoms with Crippen molar-refractivity contribution in [2.45, 2.75) is 5.16 Å². The summed E-state index contributed by atoms with van der Waals surface area (Å²) in [7, 11) is 1.62. The summed E-state index contributed by atoms with van der Waals surface area (Å²) in [6.07, 6.45) is 1.55. The van der Waals surface area contributed by atoms with E-state index in [1.54, 1.807) is 37.6 Å². The predicted molar refractivity (Wildman–Crippen MR) is 136 cm³/mol. The number of aromatic nitrogens is 3. The summed E-state index contributed by atoms with van der Waals surface area (Å²) in [4.78, 5) is 12.3. The van der Waals surface area contributed by atoms with Crippen LogP contribution in [0.3, 0.4) is 0 Å². The second kappa shape index (κ2) is 11.2. The third-order valence-electron chi connectivity index (χ3n) is 4.67. The van der Waals surface area contributed by atoms with Gasteiger partial charge in [-0.2, -0.15) is 5.10 Å². The van der Waals surface area contributed by atoms with E-state index in [2.05, 4.69) is 20.7 Å². The number of nitrogens with zero attached hydrogens (tertiary/aromatic N) is 4. The molecule has 0 spiro atoms. The lowest BCUT2D eigenvalue weighted by molar-refractivity contribution is -0.118. The number of nitrogens with one attached hydrogen (secondary N) is 1. The molecule has 0 unspecified atom stereocenters. The van der Waals surface area contributed by atoms with Crippen molar-refractivity contribution in [3.8, 4) is 22.8 Å². The standard InChI is InChI=1S/C24H19Cl2N5O2S/c1-33-21-12-4-17(5-13-21)23-29-30-24(31(23)20-10-8-19(26)9-11-20)34-15-22(32)28-27-14-16-2-6-18(25)7-3-16/h2-14H,15H2,1H3,(H,28,32)/b27-14-. The zero-order valence-electron chi connectivity index (χ0n) is 18.0. The first-order valence-electron chi connectivity index (χ1n) is 10.1. The van der Waals surface area contributed by atoms with Crippen LogP contribution < -0.4 is 10.2 Å². The van der Waals surface area contributed by atoms with Crippen molar-refractivity contribution in [1.82, 2.24) is 20.2 Å². The molecule has 1 heterocycles. The Morgan fingerprint density at radius 2 is 1.65 bits per heavy atom. The highest BCUT2D eigenvalue weighted by atomic mass is 35.5. The van der Waals surface area contributed by atoms with Crippen LogP contribution in [-0.4, -0.2) is 39.7 Å². The van der Waals surface area contributed by atoms with Crippen molar-refractivity contribution in [2.24, 2.45) is 5.10 Å². The van der Waals surface area contributed by atoms with Gasteiger partial charge in [-0.15, -0.1) is 10.2 Å². The van der Waals surface area contributed by atoms with E-state index in [0.717, 1.165) is 22.6 Å². The number of halogens is 2. The van der Waals surface area contributed by atoms with Gasteiger partial charge in [-0.1, -0.05) is 47.1 Å². The quantitative estimate of drug-likeness (QED) is 0.192. The molecule has 10 heteroatoms. The van der Waals surface area contributed by atoms with E-state index in [-0.39, 0.29) is 11.7 Å². The monoisotopic (exact) mass is 511 g/mol. The maximum Gasteiger partial charge on any atom is 0.250 e. The van der Waals surface area contributed by atoms with Crippen LogP contribution in [0, 0.1) is 0 Å². The van der Waals surface area contributed by atoms with Gasteiger partial charge in [0.1, 0.15) is 5.75 Å². The summed E-state index contributed by atoms with van der Waals surface area (Å²) in [5, 5.41) is 14.5. The molecule has 1 aromatic heterocycles. The Hall–Kier alpha value is -3.33. The summed E-state index contributed by atoms with van der Waals surface area (Å²) in [5.74, 6) is 1.21. The number of thioether (sulfide) groups is 1. The Labute approximate surface area is 210 Å². The third kappa shape index (κ3) is 5.96. The van der Waals surface area contributed by atoms with E-state index in [4.69, 9.17) is 27.9 Å². The van der Waals surface area contributed by atoms with E-state index in [1.807, 2.05) is 53.1 Å². The molecule has 4 rings (SSSR count). The van der Waals surface area contributed by atoms with E-state index in [0.29, 0.717) is 21.0 Å². The Bertz CT molecular complexity index is 1290. The fourth-order valence-corrected chi connectivity index (χ4v) is 4.00. The lowest BCUT2D eigenvalue weighted by Gasteiger charge is -2.11. The molecule has 1 amide bonds. The van der Waals surface area contributed by atoms with Crippen LogP contribution in [0.4, 0.5) is 0 Å². The first kappa shape index (κ1) is 23.8. The molecule has 4 aromatic rings. The molecule has 7 nitrogen and oxygen atoms in total. The number of hydrogen-bond donors (Lipinski definition) is 1. The minimum absolute atomic E-state index is 0.103. The summed E-state index contributed by atoms with van der Waals surface area (Å²) in [6.45, 7) is 0. The molecule has 1 N–H and O–H groups in total. The van der Waals surface area contributed by atoms with Gasteiger partial charge in [-0.05, 0) is 66.2 Å².